The van der Waals surface area contributed by atoms with Gasteiger partial charge in [0.25, 0.3) is 0 Å². The van der Waals surface area contributed by atoms with Crippen LogP contribution in [0, 0.1) is 11.8 Å². The van der Waals surface area contributed by atoms with Crippen LogP contribution in [0.2, 0.25) is 0 Å². The normalized spacial score (nSPS) is 19.3. The SMILES string of the molecule is CCCCC(C)[C@H]1C(=O)N(CCc2ccccc2)CN1C(=O)[C@H](NC(C)=O)C(C)CC. The molecule has 6 nitrogen and oxygen atoms in total. The van der Waals surface area contributed by atoms with Gasteiger partial charge in [0.1, 0.15) is 12.1 Å². The molecule has 1 aliphatic heterocycles. The lowest BCUT2D eigenvalue weighted by Crippen LogP contribution is -2.54. The molecule has 0 spiro atoms. The van der Waals surface area contributed by atoms with Crippen LogP contribution in [0.15, 0.2) is 30.3 Å². The van der Waals surface area contributed by atoms with Crippen molar-refractivity contribution in [3.8, 4) is 0 Å². The van der Waals surface area contributed by atoms with Crippen molar-refractivity contribution in [3.05, 3.63) is 35.9 Å². The van der Waals surface area contributed by atoms with Crippen molar-refractivity contribution in [3.63, 3.8) is 0 Å². The van der Waals surface area contributed by atoms with Crippen LogP contribution in [-0.4, -0.2) is 52.8 Å². The highest BCUT2D eigenvalue weighted by Gasteiger charge is 2.45. The average molecular weight is 430 g/mol. The first-order valence-electron chi connectivity index (χ1n) is 11.7. The van der Waals surface area contributed by atoms with Crippen LogP contribution < -0.4 is 5.32 Å². The van der Waals surface area contributed by atoms with Crippen molar-refractivity contribution in [2.75, 3.05) is 13.2 Å². The Balaban J connectivity index is 2.23. The molecule has 1 saturated heterocycles. The van der Waals surface area contributed by atoms with Crippen molar-refractivity contribution in [1.82, 2.24) is 15.1 Å². The molecule has 6 heteroatoms. The number of hydrogen-bond donors (Lipinski definition) is 1. The molecule has 0 bridgehead atoms. The van der Waals surface area contributed by atoms with Gasteiger partial charge in [0.15, 0.2) is 0 Å². The smallest absolute Gasteiger partial charge is 0.247 e. The summed E-state index contributed by atoms with van der Waals surface area (Å²) in [6.45, 7) is 10.5. The van der Waals surface area contributed by atoms with Gasteiger partial charge in [-0.2, -0.15) is 0 Å². The number of rotatable bonds is 11. The van der Waals surface area contributed by atoms with Crippen LogP contribution in [-0.2, 0) is 20.8 Å². The number of unbranched alkanes of at least 4 members (excludes halogenated alkanes) is 1. The van der Waals surface area contributed by atoms with Gasteiger partial charge in [-0.25, -0.2) is 0 Å². The summed E-state index contributed by atoms with van der Waals surface area (Å²) in [5.74, 6) is -0.266. The minimum Gasteiger partial charge on any atom is -0.344 e. The highest BCUT2D eigenvalue weighted by molar-refractivity contribution is 5.94. The zero-order valence-electron chi connectivity index (χ0n) is 19.8. The third-order valence-electron chi connectivity index (χ3n) is 6.41. The monoisotopic (exact) mass is 429 g/mol. The Morgan fingerprint density at radius 3 is 2.42 bits per heavy atom. The third kappa shape index (κ3) is 6.55. The molecule has 31 heavy (non-hydrogen) atoms. The number of hydrogen-bond acceptors (Lipinski definition) is 3. The van der Waals surface area contributed by atoms with Gasteiger partial charge in [-0.1, -0.05) is 77.3 Å². The van der Waals surface area contributed by atoms with Gasteiger partial charge in [-0.15, -0.1) is 0 Å². The molecule has 1 aromatic carbocycles. The molecule has 0 aromatic heterocycles. The zero-order chi connectivity index (χ0) is 23.0. The van der Waals surface area contributed by atoms with Crippen molar-refractivity contribution < 1.29 is 14.4 Å². The first kappa shape index (κ1) is 24.9. The summed E-state index contributed by atoms with van der Waals surface area (Å²) in [5.41, 5.74) is 1.17. The number of carbonyl (C=O) groups is 3. The molecule has 3 amide bonds. The van der Waals surface area contributed by atoms with Crippen LogP contribution >= 0.6 is 0 Å². The molecular formula is C25H39N3O3. The molecule has 0 aliphatic carbocycles. The van der Waals surface area contributed by atoms with Crippen molar-refractivity contribution >= 4 is 17.7 Å². The molecule has 2 unspecified atom stereocenters. The van der Waals surface area contributed by atoms with Gasteiger partial charge >= 0.3 is 0 Å². The fourth-order valence-electron chi connectivity index (χ4n) is 4.27. The predicted octanol–water partition coefficient (Wildman–Crippen LogP) is 3.60. The van der Waals surface area contributed by atoms with E-state index < -0.39 is 12.1 Å². The van der Waals surface area contributed by atoms with E-state index in [2.05, 4.69) is 31.3 Å². The summed E-state index contributed by atoms with van der Waals surface area (Å²) in [6, 6.07) is 9.02. The van der Waals surface area contributed by atoms with E-state index in [1.54, 1.807) is 9.80 Å². The summed E-state index contributed by atoms with van der Waals surface area (Å²) >= 11 is 0. The molecule has 1 aliphatic rings. The molecule has 172 valence electrons. The van der Waals surface area contributed by atoms with Gasteiger partial charge in [-0.05, 0) is 30.2 Å². The first-order chi connectivity index (χ1) is 14.8. The Bertz CT molecular complexity index is 737. The first-order valence-corrected chi connectivity index (χ1v) is 11.7. The molecule has 1 aromatic rings. The third-order valence-corrected chi connectivity index (χ3v) is 6.41. The predicted molar refractivity (Wildman–Crippen MR) is 123 cm³/mol. The van der Waals surface area contributed by atoms with Crippen LogP contribution in [0.1, 0.15) is 65.9 Å². The van der Waals surface area contributed by atoms with E-state index in [0.717, 1.165) is 32.1 Å². The molecule has 1 heterocycles. The second kappa shape index (κ2) is 11.9. The van der Waals surface area contributed by atoms with Crippen LogP contribution in [0.5, 0.6) is 0 Å². The Labute approximate surface area is 187 Å². The maximum atomic E-state index is 13.6. The van der Waals surface area contributed by atoms with Crippen molar-refractivity contribution in [2.45, 2.75) is 78.8 Å². The van der Waals surface area contributed by atoms with E-state index in [1.165, 1.54) is 12.5 Å². The van der Waals surface area contributed by atoms with Gasteiger partial charge in [0.05, 0.1) is 6.67 Å². The fourth-order valence-corrected chi connectivity index (χ4v) is 4.27. The van der Waals surface area contributed by atoms with Crippen LogP contribution in [0.4, 0.5) is 0 Å². The molecular weight excluding hydrogens is 390 g/mol. The minimum absolute atomic E-state index is 0.00327. The number of nitrogens with zero attached hydrogens (tertiary/aromatic N) is 2. The Morgan fingerprint density at radius 1 is 1.16 bits per heavy atom. The molecule has 4 atom stereocenters. The lowest BCUT2D eigenvalue weighted by atomic mass is 9.92. The maximum absolute atomic E-state index is 13.6. The largest absolute Gasteiger partial charge is 0.344 e. The standard InChI is InChI=1S/C25H39N3O3/c1-6-8-12-19(4)23-25(31)27(16-15-21-13-10-9-11-14-21)17-28(23)24(30)22(18(3)7-2)26-20(5)29/h9-11,13-14,18-19,22-23H,6-8,12,15-17H2,1-5H3,(H,26,29)/t18?,19?,22-,23+/m1/s1. The average Bonchev–Trinajstić information content (AvgIpc) is 3.10. The Hall–Kier alpha value is -2.37. The van der Waals surface area contributed by atoms with E-state index in [-0.39, 0.29) is 36.2 Å². The molecule has 0 saturated carbocycles. The lowest BCUT2D eigenvalue weighted by Gasteiger charge is -2.32. The van der Waals surface area contributed by atoms with Gasteiger partial charge in [0.2, 0.25) is 17.7 Å². The number of nitrogens with one attached hydrogen (secondary N) is 1. The Kier molecular flexibility index (Phi) is 9.53. The van der Waals surface area contributed by atoms with Gasteiger partial charge in [-0.3, -0.25) is 14.4 Å². The Morgan fingerprint density at radius 2 is 1.84 bits per heavy atom. The number of benzene rings is 1. The summed E-state index contributed by atoms with van der Waals surface area (Å²) < 4.78 is 0. The van der Waals surface area contributed by atoms with E-state index >= 15 is 0 Å². The summed E-state index contributed by atoms with van der Waals surface area (Å²) in [5, 5.41) is 2.84. The number of amides is 3. The summed E-state index contributed by atoms with van der Waals surface area (Å²) in [6.07, 6.45) is 4.50. The second-order valence-electron chi connectivity index (χ2n) is 8.91. The second-order valence-corrected chi connectivity index (χ2v) is 8.91. The van der Waals surface area contributed by atoms with Crippen LogP contribution in [0.25, 0.3) is 0 Å². The highest BCUT2D eigenvalue weighted by Crippen LogP contribution is 2.27. The molecule has 1 N–H and O–H groups in total. The topological polar surface area (TPSA) is 69.7 Å². The van der Waals surface area contributed by atoms with Crippen molar-refractivity contribution in [1.29, 1.82) is 0 Å². The molecule has 1 fully saturated rings. The van der Waals surface area contributed by atoms with Gasteiger partial charge in [0, 0.05) is 13.5 Å². The zero-order valence-corrected chi connectivity index (χ0v) is 19.8. The van der Waals surface area contributed by atoms with Crippen LogP contribution in [0.3, 0.4) is 0 Å². The molecule has 2 rings (SSSR count). The lowest BCUT2D eigenvalue weighted by molar-refractivity contribution is -0.141. The summed E-state index contributed by atoms with van der Waals surface area (Å²) in [4.78, 5) is 42.2. The van der Waals surface area contributed by atoms with E-state index in [0.29, 0.717) is 6.54 Å². The highest BCUT2D eigenvalue weighted by atomic mass is 16.2. The molecule has 0 radical (unpaired) electrons. The maximum Gasteiger partial charge on any atom is 0.247 e. The van der Waals surface area contributed by atoms with E-state index in [9.17, 15) is 14.4 Å². The quantitative estimate of drug-likeness (QED) is 0.584. The fraction of sp³-hybridized carbons (Fsp3) is 0.640. The summed E-state index contributed by atoms with van der Waals surface area (Å²) in [7, 11) is 0. The van der Waals surface area contributed by atoms with E-state index in [4.69, 9.17) is 0 Å². The number of carbonyl (C=O) groups excluding carboxylic acids is 3. The van der Waals surface area contributed by atoms with Gasteiger partial charge < -0.3 is 15.1 Å². The minimum atomic E-state index is -0.606. The van der Waals surface area contributed by atoms with E-state index in [1.807, 2.05) is 32.0 Å². The van der Waals surface area contributed by atoms with Crippen molar-refractivity contribution in [2.24, 2.45) is 11.8 Å².